The Hall–Kier alpha value is -2.57. The molecule has 2 saturated heterocycles. The Labute approximate surface area is 183 Å². The van der Waals surface area contributed by atoms with Gasteiger partial charge in [0.15, 0.2) is 0 Å². The van der Waals surface area contributed by atoms with Crippen LogP contribution in [0.25, 0.3) is 0 Å². The van der Waals surface area contributed by atoms with E-state index in [1.807, 2.05) is 17.0 Å². The van der Waals surface area contributed by atoms with Crippen molar-refractivity contribution in [1.82, 2.24) is 10.2 Å². The average Bonchev–Trinajstić information content (AvgIpc) is 3.12. The molecule has 2 aromatic carbocycles. The zero-order valence-electron chi connectivity index (χ0n) is 17.1. The van der Waals surface area contributed by atoms with Crippen molar-refractivity contribution >= 4 is 29.9 Å². The largest absolute Gasteiger partial charge is 0.497 e. The van der Waals surface area contributed by atoms with Crippen molar-refractivity contribution < 1.29 is 14.3 Å². The first-order valence-electron chi connectivity index (χ1n) is 10.2. The molecule has 2 fully saturated rings. The van der Waals surface area contributed by atoms with Crippen LogP contribution < -0.4 is 15.4 Å². The van der Waals surface area contributed by atoms with Crippen molar-refractivity contribution in [1.29, 1.82) is 0 Å². The fourth-order valence-electron chi connectivity index (χ4n) is 4.31. The van der Waals surface area contributed by atoms with Crippen LogP contribution in [0.2, 0.25) is 0 Å². The quantitative estimate of drug-likeness (QED) is 0.781. The first kappa shape index (κ1) is 22.1. The van der Waals surface area contributed by atoms with Gasteiger partial charge in [0.05, 0.1) is 18.4 Å². The van der Waals surface area contributed by atoms with Crippen LogP contribution in [-0.4, -0.2) is 50.0 Å². The second kappa shape index (κ2) is 9.96. The summed E-state index contributed by atoms with van der Waals surface area (Å²) in [5, 5.41) is 6.36. The minimum Gasteiger partial charge on any atom is -0.497 e. The Kier molecular flexibility index (Phi) is 7.34. The standard InChI is InChI=1S/C23H27N3O3.ClH/c1-29-19-8-6-16(7-9-19)22(27)25-21-5-3-2-4-20(21)23(28)26-12-10-17-14-24-15-18(17)11-13-26;/h2-9,17-18,24H,10-15H2,1H3,(H,25,27);1H/t17-,18+;. The number of ether oxygens (including phenoxy) is 1. The van der Waals surface area contributed by atoms with Crippen LogP contribution in [0, 0.1) is 11.8 Å². The Morgan fingerprint density at radius 1 is 1.00 bits per heavy atom. The van der Waals surface area contributed by atoms with E-state index in [-0.39, 0.29) is 24.2 Å². The highest BCUT2D eigenvalue weighted by Crippen LogP contribution is 2.28. The number of fused-ring (bicyclic) bond motifs is 1. The number of anilines is 1. The predicted molar refractivity (Wildman–Crippen MR) is 120 cm³/mol. The maximum Gasteiger partial charge on any atom is 0.255 e. The third kappa shape index (κ3) is 4.77. The molecule has 7 heteroatoms. The molecule has 0 saturated carbocycles. The Balaban J connectivity index is 0.00000256. The molecule has 30 heavy (non-hydrogen) atoms. The third-order valence-corrected chi connectivity index (χ3v) is 6.06. The summed E-state index contributed by atoms with van der Waals surface area (Å²) in [5.74, 6) is 1.77. The summed E-state index contributed by atoms with van der Waals surface area (Å²) in [5.41, 5.74) is 1.60. The molecule has 6 nitrogen and oxygen atoms in total. The number of carbonyl (C=O) groups excluding carboxylic acids is 2. The molecule has 0 spiro atoms. The second-order valence-electron chi connectivity index (χ2n) is 7.78. The maximum absolute atomic E-state index is 13.2. The lowest BCUT2D eigenvalue weighted by Crippen LogP contribution is -2.33. The lowest BCUT2D eigenvalue weighted by molar-refractivity contribution is 0.0759. The van der Waals surface area contributed by atoms with Crippen molar-refractivity contribution in [2.75, 3.05) is 38.6 Å². The van der Waals surface area contributed by atoms with Gasteiger partial charge in [-0.2, -0.15) is 0 Å². The number of benzene rings is 2. The van der Waals surface area contributed by atoms with Gasteiger partial charge >= 0.3 is 0 Å². The first-order valence-corrected chi connectivity index (χ1v) is 10.2. The van der Waals surface area contributed by atoms with Gasteiger partial charge in [-0.05, 0) is 74.2 Å². The number of carbonyl (C=O) groups is 2. The van der Waals surface area contributed by atoms with E-state index in [0.717, 1.165) is 39.0 Å². The van der Waals surface area contributed by atoms with Crippen LogP contribution in [0.4, 0.5) is 5.69 Å². The molecular formula is C23H28ClN3O3. The number of nitrogens with one attached hydrogen (secondary N) is 2. The van der Waals surface area contributed by atoms with Gasteiger partial charge in [-0.25, -0.2) is 0 Å². The van der Waals surface area contributed by atoms with Crippen molar-refractivity contribution in [2.45, 2.75) is 12.8 Å². The van der Waals surface area contributed by atoms with Crippen LogP contribution in [-0.2, 0) is 0 Å². The zero-order chi connectivity index (χ0) is 20.2. The topological polar surface area (TPSA) is 70.7 Å². The summed E-state index contributed by atoms with van der Waals surface area (Å²) in [4.78, 5) is 27.8. The third-order valence-electron chi connectivity index (χ3n) is 6.06. The number of methoxy groups -OCH3 is 1. The van der Waals surface area contributed by atoms with E-state index in [1.54, 1.807) is 43.5 Å². The highest BCUT2D eigenvalue weighted by atomic mass is 35.5. The van der Waals surface area contributed by atoms with Crippen LogP contribution in [0.15, 0.2) is 48.5 Å². The molecule has 0 bridgehead atoms. The minimum absolute atomic E-state index is 0. The van der Waals surface area contributed by atoms with Crippen molar-refractivity contribution in [3.05, 3.63) is 59.7 Å². The van der Waals surface area contributed by atoms with E-state index < -0.39 is 0 Å². The van der Waals surface area contributed by atoms with Gasteiger partial charge in [-0.1, -0.05) is 12.1 Å². The summed E-state index contributed by atoms with van der Waals surface area (Å²) in [7, 11) is 1.59. The van der Waals surface area contributed by atoms with Gasteiger partial charge in [0.25, 0.3) is 11.8 Å². The maximum atomic E-state index is 13.2. The number of halogens is 1. The number of rotatable bonds is 4. The van der Waals surface area contributed by atoms with Crippen molar-refractivity contribution in [2.24, 2.45) is 11.8 Å². The van der Waals surface area contributed by atoms with Gasteiger partial charge in [-0.15, -0.1) is 12.4 Å². The number of likely N-dealkylation sites (tertiary alicyclic amines) is 1. The summed E-state index contributed by atoms with van der Waals surface area (Å²) in [6.07, 6.45) is 2.06. The molecule has 2 aromatic rings. The molecule has 2 N–H and O–H groups in total. The molecule has 0 aromatic heterocycles. The molecule has 4 rings (SSSR count). The van der Waals surface area contributed by atoms with Gasteiger partial charge in [-0.3, -0.25) is 9.59 Å². The number of hydrogen-bond acceptors (Lipinski definition) is 4. The predicted octanol–water partition coefficient (Wildman–Crippen LogP) is 3.44. The highest BCUT2D eigenvalue weighted by molar-refractivity contribution is 6.09. The number of amides is 2. The molecule has 0 aliphatic carbocycles. The van der Waals surface area contributed by atoms with E-state index in [0.29, 0.717) is 34.4 Å². The summed E-state index contributed by atoms with van der Waals surface area (Å²) in [6.45, 7) is 3.65. The monoisotopic (exact) mass is 429 g/mol. The molecule has 2 aliphatic rings. The Morgan fingerprint density at radius 3 is 2.27 bits per heavy atom. The molecule has 0 unspecified atom stereocenters. The first-order chi connectivity index (χ1) is 14.2. The summed E-state index contributed by atoms with van der Waals surface area (Å²) >= 11 is 0. The molecule has 2 heterocycles. The number of hydrogen-bond donors (Lipinski definition) is 2. The minimum atomic E-state index is -0.246. The van der Waals surface area contributed by atoms with Crippen molar-refractivity contribution in [3.8, 4) is 5.75 Å². The summed E-state index contributed by atoms with van der Waals surface area (Å²) in [6, 6.07) is 14.2. The van der Waals surface area contributed by atoms with Crippen LogP contribution in [0.3, 0.4) is 0 Å². The molecule has 160 valence electrons. The lowest BCUT2D eigenvalue weighted by Gasteiger charge is -2.22. The number of nitrogens with zero attached hydrogens (tertiary/aromatic N) is 1. The SMILES string of the molecule is COc1ccc(C(=O)Nc2ccccc2C(=O)N2CC[C@@H]3CNC[C@@H]3CC2)cc1.Cl. The van der Waals surface area contributed by atoms with Crippen molar-refractivity contribution in [3.63, 3.8) is 0 Å². The van der Waals surface area contributed by atoms with Gasteiger partial charge < -0.3 is 20.3 Å². The van der Waals surface area contributed by atoms with Crippen LogP contribution in [0.5, 0.6) is 5.75 Å². The average molecular weight is 430 g/mol. The van der Waals surface area contributed by atoms with Gasteiger partial charge in [0, 0.05) is 18.7 Å². The Bertz CT molecular complexity index is 874. The van der Waals surface area contributed by atoms with Crippen LogP contribution >= 0.6 is 12.4 Å². The zero-order valence-corrected chi connectivity index (χ0v) is 17.9. The van der Waals surface area contributed by atoms with E-state index in [9.17, 15) is 9.59 Å². The van der Waals surface area contributed by atoms with E-state index in [1.165, 1.54) is 0 Å². The molecular weight excluding hydrogens is 402 g/mol. The summed E-state index contributed by atoms with van der Waals surface area (Å²) < 4.78 is 5.14. The lowest BCUT2D eigenvalue weighted by atomic mass is 9.92. The van der Waals surface area contributed by atoms with Gasteiger partial charge in [0.1, 0.15) is 5.75 Å². The Morgan fingerprint density at radius 2 is 1.63 bits per heavy atom. The highest BCUT2D eigenvalue weighted by Gasteiger charge is 2.32. The van der Waals surface area contributed by atoms with Crippen LogP contribution in [0.1, 0.15) is 33.6 Å². The van der Waals surface area contributed by atoms with Gasteiger partial charge in [0.2, 0.25) is 0 Å². The van der Waals surface area contributed by atoms with E-state index >= 15 is 0 Å². The van der Waals surface area contributed by atoms with E-state index in [2.05, 4.69) is 10.6 Å². The fraction of sp³-hybridized carbons (Fsp3) is 0.391. The smallest absolute Gasteiger partial charge is 0.255 e. The normalized spacial score (nSPS) is 20.5. The second-order valence-corrected chi connectivity index (χ2v) is 7.78. The molecule has 2 aliphatic heterocycles. The fourth-order valence-corrected chi connectivity index (χ4v) is 4.31. The molecule has 0 radical (unpaired) electrons. The number of para-hydroxylation sites is 1. The van der Waals surface area contributed by atoms with E-state index in [4.69, 9.17) is 4.74 Å². The molecule has 2 atom stereocenters. The molecule has 2 amide bonds.